The monoisotopic (exact) mass is 312 g/mol. The first-order chi connectivity index (χ1) is 9.70. The number of halogens is 2. The van der Waals surface area contributed by atoms with E-state index in [0.717, 1.165) is 6.42 Å². The van der Waals surface area contributed by atoms with Crippen LogP contribution >= 0.6 is 0 Å². The van der Waals surface area contributed by atoms with Crippen LogP contribution in [-0.4, -0.2) is 18.2 Å². The zero-order chi connectivity index (χ0) is 15.7. The van der Waals surface area contributed by atoms with Gasteiger partial charge in [0.15, 0.2) is 0 Å². The van der Waals surface area contributed by atoms with Gasteiger partial charge >= 0.3 is 15.4 Å². The topological polar surface area (TPSA) is 54.4 Å². The van der Waals surface area contributed by atoms with Gasteiger partial charge in [0.2, 0.25) is 0 Å². The molecule has 0 fully saturated rings. The Labute approximate surface area is 122 Å². The minimum atomic E-state index is -5.17. The number of fused-ring (bicyclic) bond motifs is 3. The summed E-state index contributed by atoms with van der Waals surface area (Å²) in [7, 11) is -5.17. The van der Waals surface area contributed by atoms with E-state index in [9.17, 15) is 17.2 Å². The fraction of sp³-hybridized carbons (Fsp3) is 0.200. The maximum Gasteiger partial charge on any atom is 0.367 e. The van der Waals surface area contributed by atoms with Gasteiger partial charge in [0, 0.05) is 6.92 Å². The van der Waals surface area contributed by atoms with Crippen LogP contribution in [0.2, 0.25) is 0 Å². The maximum atomic E-state index is 11.4. The SMILES string of the molecule is CC(F)(F)S(=O)(=O)O.c1ccc2c(c1)Cc1ccccc1-2. The summed E-state index contributed by atoms with van der Waals surface area (Å²) < 4.78 is 49.3. The summed E-state index contributed by atoms with van der Waals surface area (Å²) in [6.07, 6.45) is 1.10. The van der Waals surface area contributed by atoms with Crippen LogP contribution < -0.4 is 0 Å². The van der Waals surface area contributed by atoms with Gasteiger partial charge in [-0.25, -0.2) is 0 Å². The molecule has 2 aromatic rings. The van der Waals surface area contributed by atoms with Gasteiger partial charge in [-0.2, -0.15) is 17.2 Å². The van der Waals surface area contributed by atoms with Crippen LogP contribution in [0, 0.1) is 0 Å². The fourth-order valence-corrected chi connectivity index (χ4v) is 2.08. The van der Waals surface area contributed by atoms with E-state index in [1.165, 1.54) is 22.3 Å². The normalized spacial score (nSPS) is 13.0. The van der Waals surface area contributed by atoms with E-state index in [-0.39, 0.29) is 6.92 Å². The second-order valence-electron chi connectivity index (χ2n) is 4.77. The Kier molecular flexibility index (Phi) is 4.11. The Morgan fingerprint density at radius 2 is 1.29 bits per heavy atom. The molecule has 112 valence electrons. The molecular formula is C15H14F2O3S. The number of hydrogen-bond donors (Lipinski definition) is 1. The van der Waals surface area contributed by atoms with E-state index < -0.39 is 15.4 Å². The van der Waals surface area contributed by atoms with Gasteiger partial charge in [0.25, 0.3) is 0 Å². The maximum absolute atomic E-state index is 11.4. The molecule has 1 N–H and O–H groups in total. The average molecular weight is 312 g/mol. The third-order valence-electron chi connectivity index (χ3n) is 3.16. The van der Waals surface area contributed by atoms with Crippen LogP contribution in [-0.2, 0) is 16.5 Å². The van der Waals surface area contributed by atoms with E-state index in [0.29, 0.717) is 0 Å². The predicted octanol–water partition coefficient (Wildman–Crippen LogP) is 3.74. The van der Waals surface area contributed by atoms with Crippen molar-refractivity contribution < 1.29 is 21.8 Å². The summed E-state index contributed by atoms with van der Waals surface area (Å²) >= 11 is 0. The Morgan fingerprint density at radius 1 is 0.952 bits per heavy atom. The molecule has 2 aromatic carbocycles. The Bertz CT molecular complexity index is 706. The van der Waals surface area contributed by atoms with Crippen LogP contribution in [0.5, 0.6) is 0 Å². The van der Waals surface area contributed by atoms with Gasteiger partial charge in [-0.1, -0.05) is 48.5 Å². The van der Waals surface area contributed by atoms with Crippen molar-refractivity contribution in [3.63, 3.8) is 0 Å². The lowest BCUT2D eigenvalue weighted by atomic mass is 10.1. The van der Waals surface area contributed by atoms with E-state index in [2.05, 4.69) is 48.5 Å². The molecule has 0 radical (unpaired) electrons. The van der Waals surface area contributed by atoms with E-state index in [1.807, 2.05) is 0 Å². The standard InChI is InChI=1S/C13H10.C2H4F2O3S/c1-3-7-12-10(5-1)9-11-6-2-4-8-13(11)12;1-2(3,4)8(5,6)7/h1-8H,9H2;1H3,(H,5,6,7). The smallest absolute Gasteiger partial charge is 0.281 e. The van der Waals surface area contributed by atoms with Crippen molar-refractivity contribution in [3.05, 3.63) is 59.7 Å². The Balaban J connectivity index is 0.000000177. The summed E-state index contributed by atoms with van der Waals surface area (Å²) in [5.74, 6) is 0. The van der Waals surface area contributed by atoms with Gasteiger partial charge < -0.3 is 0 Å². The lowest BCUT2D eigenvalue weighted by Crippen LogP contribution is -2.23. The first-order valence-electron chi connectivity index (χ1n) is 6.21. The lowest BCUT2D eigenvalue weighted by molar-refractivity contribution is 0.102. The van der Waals surface area contributed by atoms with E-state index in [4.69, 9.17) is 4.55 Å². The highest BCUT2D eigenvalue weighted by Gasteiger charge is 2.37. The summed E-state index contributed by atoms with van der Waals surface area (Å²) in [5, 5.41) is -4.03. The predicted molar refractivity (Wildman–Crippen MR) is 76.9 cm³/mol. The third-order valence-corrected chi connectivity index (χ3v) is 4.06. The molecule has 3 nitrogen and oxygen atoms in total. The largest absolute Gasteiger partial charge is 0.367 e. The zero-order valence-corrected chi connectivity index (χ0v) is 12.1. The summed E-state index contributed by atoms with van der Waals surface area (Å²) in [5.41, 5.74) is 5.75. The summed E-state index contributed by atoms with van der Waals surface area (Å²) in [4.78, 5) is 0. The molecule has 0 saturated carbocycles. The minimum Gasteiger partial charge on any atom is -0.281 e. The fourth-order valence-electron chi connectivity index (χ4n) is 2.08. The molecule has 0 atom stereocenters. The highest BCUT2D eigenvalue weighted by molar-refractivity contribution is 7.86. The molecule has 0 heterocycles. The van der Waals surface area contributed by atoms with Crippen LogP contribution in [0.25, 0.3) is 11.1 Å². The molecule has 6 heteroatoms. The van der Waals surface area contributed by atoms with Crippen LogP contribution in [0.15, 0.2) is 48.5 Å². The van der Waals surface area contributed by atoms with Gasteiger partial charge in [0.05, 0.1) is 0 Å². The number of alkyl halides is 2. The van der Waals surface area contributed by atoms with Crippen LogP contribution in [0.3, 0.4) is 0 Å². The van der Waals surface area contributed by atoms with Crippen molar-refractivity contribution in [3.8, 4) is 11.1 Å². The number of rotatable bonds is 1. The zero-order valence-electron chi connectivity index (χ0n) is 11.3. The Morgan fingerprint density at radius 3 is 1.62 bits per heavy atom. The molecule has 0 aromatic heterocycles. The molecule has 0 aliphatic heterocycles. The second-order valence-corrected chi connectivity index (χ2v) is 6.44. The molecular weight excluding hydrogens is 298 g/mol. The van der Waals surface area contributed by atoms with Crippen molar-refractivity contribution in [1.82, 2.24) is 0 Å². The quantitative estimate of drug-likeness (QED) is 0.696. The van der Waals surface area contributed by atoms with Crippen molar-refractivity contribution in [2.24, 2.45) is 0 Å². The molecule has 0 bridgehead atoms. The molecule has 0 unspecified atom stereocenters. The summed E-state index contributed by atoms with van der Waals surface area (Å²) in [6, 6.07) is 17.3. The molecule has 1 aliphatic carbocycles. The highest BCUT2D eigenvalue weighted by atomic mass is 32.2. The van der Waals surface area contributed by atoms with Crippen LogP contribution in [0.4, 0.5) is 8.78 Å². The molecule has 0 spiro atoms. The van der Waals surface area contributed by atoms with Gasteiger partial charge in [-0.3, -0.25) is 4.55 Å². The van der Waals surface area contributed by atoms with Gasteiger partial charge in [0.1, 0.15) is 0 Å². The van der Waals surface area contributed by atoms with Crippen molar-refractivity contribution >= 4 is 10.1 Å². The number of hydrogen-bond acceptors (Lipinski definition) is 2. The molecule has 21 heavy (non-hydrogen) atoms. The van der Waals surface area contributed by atoms with Crippen molar-refractivity contribution in [2.75, 3.05) is 0 Å². The number of benzene rings is 2. The molecule has 3 rings (SSSR count). The summed E-state index contributed by atoms with van der Waals surface area (Å²) in [6.45, 7) is 0.0995. The molecule has 0 amide bonds. The first kappa shape index (κ1) is 15.6. The molecule has 0 saturated heterocycles. The highest BCUT2D eigenvalue weighted by Crippen LogP contribution is 2.35. The Hall–Kier alpha value is -1.79. The van der Waals surface area contributed by atoms with Gasteiger partial charge in [-0.15, -0.1) is 0 Å². The lowest BCUT2D eigenvalue weighted by Gasteiger charge is -2.02. The van der Waals surface area contributed by atoms with Crippen molar-refractivity contribution in [1.29, 1.82) is 0 Å². The third kappa shape index (κ3) is 3.46. The van der Waals surface area contributed by atoms with Crippen molar-refractivity contribution in [2.45, 2.75) is 18.6 Å². The molecule has 1 aliphatic rings. The first-order valence-corrected chi connectivity index (χ1v) is 7.65. The van der Waals surface area contributed by atoms with E-state index >= 15 is 0 Å². The van der Waals surface area contributed by atoms with Crippen LogP contribution in [0.1, 0.15) is 18.1 Å². The second kappa shape index (κ2) is 5.54. The van der Waals surface area contributed by atoms with E-state index in [1.54, 1.807) is 0 Å². The van der Waals surface area contributed by atoms with Gasteiger partial charge in [-0.05, 0) is 28.7 Å². The minimum absolute atomic E-state index is 0.0995. The average Bonchev–Trinajstić information content (AvgIpc) is 2.75.